The molecule has 0 fully saturated rings. The van der Waals surface area contributed by atoms with E-state index in [9.17, 15) is 21.6 Å². The second-order valence-corrected chi connectivity index (χ2v) is 9.35. The third-order valence-corrected chi connectivity index (χ3v) is 5.56. The highest BCUT2D eigenvalue weighted by Gasteiger charge is 2.30. The summed E-state index contributed by atoms with van der Waals surface area (Å²) in [5, 5.41) is 8.15. The van der Waals surface area contributed by atoms with Gasteiger partial charge in [-0.1, -0.05) is 29.4 Å². The van der Waals surface area contributed by atoms with Crippen molar-refractivity contribution in [2.45, 2.75) is 19.3 Å². The lowest BCUT2D eigenvalue weighted by molar-refractivity contribution is -0.137. The molecule has 3 heterocycles. The lowest BCUT2D eigenvalue weighted by atomic mass is 10.1. The maximum atomic E-state index is 12.7. The molecule has 0 bridgehead atoms. The highest BCUT2D eigenvalue weighted by molar-refractivity contribution is 7.88. The summed E-state index contributed by atoms with van der Waals surface area (Å²) in [5.74, 6) is 0.500. The van der Waals surface area contributed by atoms with Crippen LogP contribution in [-0.2, 0) is 36.4 Å². The van der Waals surface area contributed by atoms with Gasteiger partial charge in [0.1, 0.15) is 6.61 Å². The average molecular weight is 508 g/mol. The first-order valence-corrected chi connectivity index (χ1v) is 11.9. The number of hydrogen-bond acceptors (Lipinski definition) is 8. The Morgan fingerprint density at radius 3 is 2.49 bits per heavy atom. The second kappa shape index (κ2) is 9.46. The molecular formula is C21H19F3N6O4S. The number of ether oxygens (including phenoxy) is 1. The maximum absolute atomic E-state index is 12.7. The number of nitrogens with zero attached hydrogens (tertiary/aromatic N) is 5. The summed E-state index contributed by atoms with van der Waals surface area (Å²) in [7, 11) is -1.63. The van der Waals surface area contributed by atoms with Crippen molar-refractivity contribution in [1.29, 1.82) is 0 Å². The molecule has 0 atom stereocenters. The highest BCUT2D eigenvalue weighted by Crippen LogP contribution is 2.30. The number of pyridine rings is 1. The maximum Gasteiger partial charge on any atom is 0.417 e. The molecule has 0 saturated carbocycles. The number of aryl methyl sites for hydroxylation is 1. The van der Waals surface area contributed by atoms with Crippen molar-refractivity contribution in [2.24, 2.45) is 7.05 Å². The Balaban J connectivity index is 1.47. The predicted molar refractivity (Wildman–Crippen MR) is 117 cm³/mol. The van der Waals surface area contributed by atoms with Crippen LogP contribution in [0.15, 0.2) is 53.3 Å². The molecule has 0 aliphatic heterocycles. The van der Waals surface area contributed by atoms with Crippen LogP contribution in [0, 0.1) is 0 Å². The Kier molecular flexibility index (Phi) is 6.58. The van der Waals surface area contributed by atoms with Crippen LogP contribution in [0.25, 0.3) is 22.8 Å². The monoisotopic (exact) mass is 508 g/mol. The third kappa shape index (κ3) is 6.02. The zero-order valence-corrected chi connectivity index (χ0v) is 19.3. The van der Waals surface area contributed by atoms with Gasteiger partial charge in [-0.25, -0.2) is 18.1 Å². The van der Waals surface area contributed by atoms with Crippen LogP contribution in [0.3, 0.4) is 0 Å². The zero-order chi connectivity index (χ0) is 25.2. The minimum absolute atomic E-state index is 0.0156. The first kappa shape index (κ1) is 24.3. The van der Waals surface area contributed by atoms with E-state index in [-0.39, 0.29) is 24.9 Å². The van der Waals surface area contributed by atoms with E-state index in [1.165, 1.54) is 10.9 Å². The van der Waals surface area contributed by atoms with Crippen molar-refractivity contribution >= 4 is 10.0 Å². The molecule has 0 aliphatic carbocycles. The van der Waals surface area contributed by atoms with Crippen molar-refractivity contribution in [3.8, 4) is 28.7 Å². The Hall–Kier alpha value is -3.78. The molecule has 184 valence electrons. The van der Waals surface area contributed by atoms with Gasteiger partial charge in [0.25, 0.3) is 5.89 Å². The summed E-state index contributed by atoms with van der Waals surface area (Å²) in [6.45, 7) is 0.105. The van der Waals surface area contributed by atoms with Gasteiger partial charge >= 0.3 is 6.18 Å². The van der Waals surface area contributed by atoms with E-state index in [1.807, 2.05) is 0 Å². The number of halogens is 3. The quantitative estimate of drug-likeness (QED) is 0.385. The number of alkyl halides is 3. The summed E-state index contributed by atoms with van der Waals surface area (Å²) in [4.78, 5) is 8.09. The normalized spacial score (nSPS) is 12.1. The Labute approximate surface area is 197 Å². The Bertz CT molecular complexity index is 1410. The van der Waals surface area contributed by atoms with E-state index < -0.39 is 21.8 Å². The SMILES string of the molecule is Cn1ncc(-c2nc(-c3ccc(CNS(C)(=O)=O)cc3)no2)c1COc1ccc(C(F)(F)F)cn1. The van der Waals surface area contributed by atoms with Crippen LogP contribution in [0.4, 0.5) is 13.2 Å². The van der Waals surface area contributed by atoms with Crippen molar-refractivity contribution in [3.63, 3.8) is 0 Å². The van der Waals surface area contributed by atoms with E-state index in [4.69, 9.17) is 9.26 Å². The van der Waals surface area contributed by atoms with Gasteiger partial charge in [0.05, 0.1) is 29.3 Å². The molecule has 0 unspecified atom stereocenters. The van der Waals surface area contributed by atoms with Crippen molar-refractivity contribution < 1.29 is 30.8 Å². The van der Waals surface area contributed by atoms with Crippen LogP contribution in [0.5, 0.6) is 5.88 Å². The summed E-state index contributed by atoms with van der Waals surface area (Å²) in [6.07, 6.45) is -1.19. The zero-order valence-electron chi connectivity index (χ0n) is 18.4. The minimum atomic E-state index is -4.48. The molecule has 4 aromatic rings. The average Bonchev–Trinajstić information content (AvgIpc) is 3.42. The Morgan fingerprint density at radius 2 is 1.86 bits per heavy atom. The summed E-state index contributed by atoms with van der Waals surface area (Å²) in [5.41, 5.74) is 1.57. The van der Waals surface area contributed by atoms with Gasteiger partial charge in [-0.3, -0.25) is 4.68 Å². The molecule has 1 N–H and O–H groups in total. The molecule has 10 nitrogen and oxygen atoms in total. The minimum Gasteiger partial charge on any atom is -0.471 e. The number of nitrogens with one attached hydrogen (secondary N) is 1. The van der Waals surface area contributed by atoms with E-state index in [0.29, 0.717) is 28.8 Å². The molecule has 14 heteroatoms. The van der Waals surface area contributed by atoms with Crippen LogP contribution in [0.1, 0.15) is 16.8 Å². The van der Waals surface area contributed by atoms with E-state index in [2.05, 4.69) is 24.9 Å². The molecule has 0 aliphatic rings. The van der Waals surface area contributed by atoms with Crippen molar-refractivity contribution in [3.05, 3.63) is 65.6 Å². The highest BCUT2D eigenvalue weighted by atomic mass is 32.2. The molecule has 0 amide bonds. The van der Waals surface area contributed by atoms with E-state index in [0.717, 1.165) is 24.0 Å². The number of sulfonamides is 1. The molecule has 4 rings (SSSR count). The van der Waals surface area contributed by atoms with Crippen molar-refractivity contribution in [1.82, 2.24) is 29.6 Å². The predicted octanol–water partition coefficient (Wildman–Crippen LogP) is 3.18. The lowest BCUT2D eigenvalue weighted by Crippen LogP contribution is -2.21. The number of rotatable bonds is 8. The summed E-state index contributed by atoms with van der Waals surface area (Å²) >= 11 is 0. The third-order valence-electron chi connectivity index (χ3n) is 4.89. The van der Waals surface area contributed by atoms with Crippen LogP contribution < -0.4 is 9.46 Å². The number of aromatic nitrogens is 5. The standard InChI is InChI=1S/C21H19F3N6O4S/c1-30-17(12-33-18-8-7-15(10-25-18)21(22,23)24)16(11-26-30)20-28-19(29-34-20)14-5-3-13(4-6-14)9-27-35(2,31)32/h3-8,10-11,27H,9,12H2,1-2H3. The molecular weight excluding hydrogens is 489 g/mol. The molecule has 0 spiro atoms. The molecule has 3 aromatic heterocycles. The number of benzene rings is 1. The van der Waals surface area contributed by atoms with E-state index >= 15 is 0 Å². The van der Waals surface area contributed by atoms with Crippen molar-refractivity contribution in [2.75, 3.05) is 6.26 Å². The molecule has 35 heavy (non-hydrogen) atoms. The van der Waals surface area contributed by atoms with Crippen LogP contribution in [0.2, 0.25) is 0 Å². The fourth-order valence-electron chi connectivity index (χ4n) is 3.02. The lowest BCUT2D eigenvalue weighted by Gasteiger charge is -2.09. The largest absolute Gasteiger partial charge is 0.471 e. The van der Waals surface area contributed by atoms with Gasteiger partial charge in [-0.05, 0) is 11.6 Å². The molecule has 1 aromatic carbocycles. The first-order valence-electron chi connectivity index (χ1n) is 10.0. The smallest absolute Gasteiger partial charge is 0.417 e. The van der Waals surface area contributed by atoms with Crippen LogP contribution >= 0.6 is 0 Å². The Morgan fingerprint density at radius 1 is 1.11 bits per heavy atom. The summed E-state index contributed by atoms with van der Waals surface area (Å²) in [6, 6.07) is 8.97. The van der Waals surface area contributed by atoms with Gasteiger partial charge in [0.2, 0.25) is 21.7 Å². The van der Waals surface area contributed by atoms with E-state index in [1.54, 1.807) is 31.3 Å². The van der Waals surface area contributed by atoms with Gasteiger partial charge in [-0.15, -0.1) is 0 Å². The van der Waals surface area contributed by atoms with Gasteiger partial charge in [0, 0.05) is 31.4 Å². The van der Waals surface area contributed by atoms with Gasteiger partial charge < -0.3 is 9.26 Å². The molecule has 0 radical (unpaired) electrons. The van der Waals surface area contributed by atoms with Gasteiger partial charge in [0.15, 0.2) is 0 Å². The van der Waals surface area contributed by atoms with Gasteiger partial charge in [-0.2, -0.15) is 23.3 Å². The fraction of sp³-hybridized carbons (Fsp3) is 0.238. The topological polar surface area (TPSA) is 125 Å². The molecule has 0 saturated heterocycles. The van der Waals surface area contributed by atoms with Crippen LogP contribution in [-0.4, -0.2) is 39.6 Å². The summed E-state index contributed by atoms with van der Waals surface area (Å²) < 4.78 is 75.4. The second-order valence-electron chi connectivity index (χ2n) is 7.51. The first-order chi connectivity index (χ1) is 16.5. The fourth-order valence-corrected chi connectivity index (χ4v) is 3.45. The number of hydrogen-bond donors (Lipinski definition) is 1.